The van der Waals surface area contributed by atoms with E-state index in [1.807, 2.05) is 0 Å². The third-order valence-electron chi connectivity index (χ3n) is 3.53. The van der Waals surface area contributed by atoms with E-state index in [1.165, 1.54) is 11.1 Å². The summed E-state index contributed by atoms with van der Waals surface area (Å²) in [7, 11) is 1.75. The Morgan fingerprint density at radius 1 is 1.28 bits per heavy atom. The number of benzene rings is 1. The van der Waals surface area contributed by atoms with Gasteiger partial charge in [0, 0.05) is 32.7 Å². The maximum atomic E-state index is 5.43. The number of hydrogen-bond donors (Lipinski definition) is 1. The molecule has 0 bridgehead atoms. The van der Waals surface area contributed by atoms with E-state index in [9.17, 15) is 0 Å². The smallest absolute Gasteiger partial charge is 0.122 e. The highest BCUT2D eigenvalue weighted by atomic mass is 16.5. The van der Waals surface area contributed by atoms with E-state index in [0.29, 0.717) is 5.92 Å². The summed E-state index contributed by atoms with van der Waals surface area (Å²) < 4.78 is 5.43. The summed E-state index contributed by atoms with van der Waals surface area (Å²) in [4.78, 5) is 2.50. The van der Waals surface area contributed by atoms with Crippen LogP contribution in [0.3, 0.4) is 0 Å². The molecule has 0 aromatic heterocycles. The Hall–Kier alpha value is -1.06. The Balaban J connectivity index is 2.10. The Bertz CT molecular complexity index is 384. The molecule has 0 saturated carbocycles. The Labute approximate surface area is 110 Å². The minimum absolute atomic E-state index is 0.503. The number of methoxy groups -OCH3 is 1. The minimum Gasteiger partial charge on any atom is -0.496 e. The lowest BCUT2D eigenvalue weighted by Gasteiger charge is -2.27. The molecular weight excluding hydrogens is 224 g/mol. The lowest BCUT2D eigenvalue weighted by atomic mass is 9.99. The topological polar surface area (TPSA) is 24.5 Å². The van der Waals surface area contributed by atoms with Gasteiger partial charge in [-0.2, -0.15) is 0 Å². The molecule has 1 saturated heterocycles. The Kier molecular flexibility index (Phi) is 4.61. The van der Waals surface area contributed by atoms with Crippen LogP contribution in [0.5, 0.6) is 5.75 Å². The molecule has 0 radical (unpaired) electrons. The highest BCUT2D eigenvalue weighted by Gasteiger charge is 2.12. The highest BCUT2D eigenvalue weighted by Crippen LogP contribution is 2.27. The molecule has 0 spiro atoms. The van der Waals surface area contributed by atoms with E-state index in [-0.39, 0.29) is 0 Å². The first kappa shape index (κ1) is 13.4. The second kappa shape index (κ2) is 6.21. The van der Waals surface area contributed by atoms with E-state index < -0.39 is 0 Å². The lowest BCUT2D eigenvalue weighted by Crippen LogP contribution is -2.42. The van der Waals surface area contributed by atoms with Crippen molar-refractivity contribution in [1.29, 1.82) is 0 Å². The first-order valence-corrected chi connectivity index (χ1v) is 6.80. The zero-order valence-corrected chi connectivity index (χ0v) is 11.7. The molecule has 1 fully saturated rings. The van der Waals surface area contributed by atoms with Crippen molar-refractivity contribution < 1.29 is 4.74 Å². The van der Waals surface area contributed by atoms with Crippen molar-refractivity contribution in [2.45, 2.75) is 26.3 Å². The molecule has 2 rings (SSSR count). The van der Waals surface area contributed by atoms with E-state index >= 15 is 0 Å². The third-order valence-corrected chi connectivity index (χ3v) is 3.53. The molecule has 100 valence electrons. The van der Waals surface area contributed by atoms with Gasteiger partial charge in [0.1, 0.15) is 5.75 Å². The molecule has 3 nitrogen and oxygen atoms in total. The van der Waals surface area contributed by atoms with Crippen molar-refractivity contribution in [3.05, 3.63) is 29.3 Å². The van der Waals surface area contributed by atoms with Crippen molar-refractivity contribution in [1.82, 2.24) is 10.2 Å². The molecule has 0 aliphatic carbocycles. The standard InChI is InChI=1S/C15H24N2O/c1-12(2)14-10-13(4-5-15(14)18-3)11-17-8-6-16-7-9-17/h4-5,10,12,16H,6-9,11H2,1-3H3. The summed E-state index contributed by atoms with van der Waals surface area (Å²) in [6.07, 6.45) is 0. The van der Waals surface area contributed by atoms with Gasteiger partial charge in [-0.15, -0.1) is 0 Å². The summed E-state index contributed by atoms with van der Waals surface area (Å²) in [5.74, 6) is 1.51. The van der Waals surface area contributed by atoms with Gasteiger partial charge in [-0.25, -0.2) is 0 Å². The van der Waals surface area contributed by atoms with Crippen LogP contribution in [0.15, 0.2) is 18.2 Å². The van der Waals surface area contributed by atoms with E-state index in [0.717, 1.165) is 38.5 Å². The summed E-state index contributed by atoms with van der Waals surface area (Å²) in [6, 6.07) is 6.59. The zero-order chi connectivity index (χ0) is 13.0. The fourth-order valence-electron chi connectivity index (χ4n) is 2.46. The van der Waals surface area contributed by atoms with Crippen LogP contribution in [0.2, 0.25) is 0 Å². The number of nitrogens with zero attached hydrogens (tertiary/aromatic N) is 1. The summed E-state index contributed by atoms with van der Waals surface area (Å²) in [6.45, 7) is 9.97. The van der Waals surface area contributed by atoms with Crippen LogP contribution < -0.4 is 10.1 Å². The van der Waals surface area contributed by atoms with E-state index in [4.69, 9.17) is 4.74 Å². The number of nitrogens with one attached hydrogen (secondary N) is 1. The predicted molar refractivity (Wildman–Crippen MR) is 75.2 cm³/mol. The maximum absolute atomic E-state index is 5.43. The normalized spacial score (nSPS) is 17.1. The van der Waals surface area contributed by atoms with Crippen molar-refractivity contribution in [3.63, 3.8) is 0 Å². The first-order chi connectivity index (χ1) is 8.70. The SMILES string of the molecule is COc1ccc(CN2CCNCC2)cc1C(C)C. The number of hydrogen-bond acceptors (Lipinski definition) is 3. The average Bonchev–Trinajstić information content (AvgIpc) is 2.40. The Morgan fingerprint density at radius 3 is 2.61 bits per heavy atom. The second-order valence-electron chi connectivity index (χ2n) is 5.26. The van der Waals surface area contributed by atoms with Crippen molar-refractivity contribution in [2.75, 3.05) is 33.3 Å². The van der Waals surface area contributed by atoms with E-state index in [1.54, 1.807) is 7.11 Å². The molecule has 0 unspecified atom stereocenters. The number of piperazine rings is 1. The second-order valence-corrected chi connectivity index (χ2v) is 5.26. The molecule has 1 aliphatic heterocycles. The van der Waals surface area contributed by atoms with Gasteiger partial charge in [0.25, 0.3) is 0 Å². The number of ether oxygens (including phenoxy) is 1. The lowest BCUT2D eigenvalue weighted by molar-refractivity contribution is 0.233. The van der Waals surface area contributed by atoms with Crippen LogP contribution in [-0.2, 0) is 6.54 Å². The summed E-state index contributed by atoms with van der Waals surface area (Å²) >= 11 is 0. The Morgan fingerprint density at radius 2 is 2.00 bits per heavy atom. The van der Waals surface area contributed by atoms with Gasteiger partial charge in [0.15, 0.2) is 0 Å². The molecule has 3 heteroatoms. The van der Waals surface area contributed by atoms with Crippen molar-refractivity contribution >= 4 is 0 Å². The van der Waals surface area contributed by atoms with Gasteiger partial charge in [0.05, 0.1) is 7.11 Å². The molecule has 18 heavy (non-hydrogen) atoms. The zero-order valence-electron chi connectivity index (χ0n) is 11.7. The molecule has 0 amide bonds. The minimum atomic E-state index is 0.503. The molecular formula is C15H24N2O. The van der Waals surface area contributed by atoms with Crippen LogP contribution in [0.25, 0.3) is 0 Å². The van der Waals surface area contributed by atoms with Gasteiger partial charge in [0.2, 0.25) is 0 Å². The van der Waals surface area contributed by atoms with Gasteiger partial charge in [-0.05, 0) is 23.1 Å². The monoisotopic (exact) mass is 248 g/mol. The fourth-order valence-corrected chi connectivity index (χ4v) is 2.46. The number of rotatable bonds is 4. The molecule has 1 aromatic rings. The molecule has 0 atom stereocenters. The molecule has 1 N–H and O–H groups in total. The third kappa shape index (κ3) is 3.24. The van der Waals surface area contributed by atoms with Crippen LogP contribution in [0, 0.1) is 0 Å². The maximum Gasteiger partial charge on any atom is 0.122 e. The highest BCUT2D eigenvalue weighted by molar-refractivity contribution is 5.39. The fraction of sp³-hybridized carbons (Fsp3) is 0.600. The first-order valence-electron chi connectivity index (χ1n) is 6.80. The molecule has 1 heterocycles. The van der Waals surface area contributed by atoms with Gasteiger partial charge >= 0.3 is 0 Å². The van der Waals surface area contributed by atoms with Crippen LogP contribution in [0.4, 0.5) is 0 Å². The summed E-state index contributed by atoms with van der Waals surface area (Å²) in [5, 5.41) is 3.39. The van der Waals surface area contributed by atoms with Crippen molar-refractivity contribution in [3.8, 4) is 5.75 Å². The van der Waals surface area contributed by atoms with Crippen LogP contribution in [-0.4, -0.2) is 38.2 Å². The molecule has 1 aliphatic rings. The summed E-state index contributed by atoms with van der Waals surface area (Å²) in [5.41, 5.74) is 2.70. The predicted octanol–water partition coefficient (Wildman–Crippen LogP) is 2.22. The van der Waals surface area contributed by atoms with Crippen LogP contribution in [0.1, 0.15) is 30.9 Å². The quantitative estimate of drug-likeness (QED) is 0.884. The van der Waals surface area contributed by atoms with E-state index in [2.05, 4.69) is 42.3 Å². The van der Waals surface area contributed by atoms with Crippen molar-refractivity contribution in [2.24, 2.45) is 0 Å². The van der Waals surface area contributed by atoms with Gasteiger partial charge in [-0.1, -0.05) is 26.0 Å². The van der Waals surface area contributed by atoms with Crippen LogP contribution >= 0.6 is 0 Å². The van der Waals surface area contributed by atoms with Gasteiger partial charge < -0.3 is 10.1 Å². The average molecular weight is 248 g/mol. The largest absolute Gasteiger partial charge is 0.496 e. The molecule has 1 aromatic carbocycles. The van der Waals surface area contributed by atoms with Gasteiger partial charge in [-0.3, -0.25) is 4.90 Å².